The van der Waals surface area contributed by atoms with Gasteiger partial charge in [0.05, 0.1) is 11.3 Å². The van der Waals surface area contributed by atoms with Gasteiger partial charge < -0.3 is 0 Å². The Morgan fingerprint density at radius 1 is 1.33 bits per heavy atom. The van der Waals surface area contributed by atoms with Gasteiger partial charge in [0.1, 0.15) is 5.69 Å². The van der Waals surface area contributed by atoms with E-state index in [1.54, 1.807) is 12.4 Å². The minimum absolute atomic E-state index is 0.0178. The number of Topliss-reactive ketones (excluding diaryl/α,β-unsaturated/α-hetero) is 1. The summed E-state index contributed by atoms with van der Waals surface area (Å²) in [5.41, 5.74) is 3.15. The molecule has 0 aliphatic carbocycles. The molecule has 4 heteroatoms. The van der Waals surface area contributed by atoms with Crippen LogP contribution in [0.2, 0.25) is 0 Å². The van der Waals surface area contributed by atoms with Gasteiger partial charge >= 0.3 is 0 Å². The van der Waals surface area contributed by atoms with E-state index in [0.717, 1.165) is 17.7 Å². The van der Waals surface area contributed by atoms with E-state index in [4.69, 9.17) is 0 Å². The summed E-state index contributed by atoms with van der Waals surface area (Å²) in [6.45, 7) is 5.40. The fourth-order valence-electron chi connectivity index (χ4n) is 1.85. The van der Waals surface area contributed by atoms with Crippen LogP contribution in [0.4, 0.5) is 0 Å². The fraction of sp³-hybridized carbons (Fsp3) is 0.286. The highest BCUT2D eigenvalue weighted by molar-refractivity contribution is 5.94. The van der Waals surface area contributed by atoms with E-state index >= 15 is 0 Å². The largest absolute Gasteiger partial charge is 0.294 e. The number of carbonyl (C=O) groups excluding carboxylic acids is 1. The van der Waals surface area contributed by atoms with E-state index < -0.39 is 0 Å². The molecule has 0 unspecified atom stereocenters. The average Bonchev–Trinajstić information content (AvgIpc) is 2.38. The van der Waals surface area contributed by atoms with Gasteiger partial charge in [-0.2, -0.15) is 0 Å². The number of pyridine rings is 1. The van der Waals surface area contributed by atoms with E-state index in [1.807, 2.05) is 19.1 Å². The molecule has 0 bridgehead atoms. The number of rotatable bonds is 3. The second-order valence-electron chi connectivity index (χ2n) is 4.11. The molecule has 0 aromatic carbocycles. The highest BCUT2D eigenvalue weighted by Crippen LogP contribution is 2.18. The summed E-state index contributed by atoms with van der Waals surface area (Å²) in [5.74, 6) is 0.561. The lowest BCUT2D eigenvalue weighted by molar-refractivity contribution is 0.101. The van der Waals surface area contributed by atoms with Gasteiger partial charge in [-0.3, -0.25) is 9.78 Å². The van der Waals surface area contributed by atoms with Gasteiger partial charge in [0.25, 0.3) is 0 Å². The maximum Gasteiger partial charge on any atom is 0.178 e. The molecule has 0 spiro atoms. The normalized spacial score (nSPS) is 10.4. The monoisotopic (exact) mass is 241 g/mol. The Labute approximate surface area is 106 Å². The molecule has 0 saturated heterocycles. The molecule has 2 rings (SSSR count). The van der Waals surface area contributed by atoms with E-state index in [2.05, 4.69) is 21.9 Å². The molecule has 0 aliphatic rings. The third-order valence-corrected chi connectivity index (χ3v) is 2.84. The topological polar surface area (TPSA) is 55.7 Å². The highest BCUT2D eigenvalue weighted by atomic mass is 16.1. The second-order valence-corrected chi connectivity index (χ2v) is 4.11. The standard InChI is InChI=1S/C14H15N3O/c1-4-11-6-5-7-15-13(11)14-16-8-12(10(3)18)9(2)17-14/h5-8H,4H2,1-3H3. The maximum absolute atomic E-state index is 11.3. The summed E-state index contributed by atoms with van der Waals surface area (Å²) >= 11 is 0. The third-order valence-electron chi connectivity index (χ3n) is 2.84. The summed E-state index contributed by atoms with van der Waals surface area (Å²) in [7, 11) is 0. The minimum Gasteiger partial charge on any atom is -0.294 e. The predicted octanol–water partition coefficient (Wildman–Crippen LogP) is 2.61. The molecule has 92 valence electrons. The summed E-state index contributed by atoms with van der Waals surface area (Å²) in [5, 5.41) is 0. The first kappa shape index (κ1) is 12.4. The van der Waals surface area contributed by atoms with Gasteiger partial charge in [0.2, 0.25) is 0 Å². The average molecular weight is 241 g/mol. The van der Waals surface area contributed by atoms with Crippen LogP contribution in [0.25, 0.3) is 11.5 Å². The summed E-state index contributed by atoms with van der Waals surface area (Å²) < 4.78 is 0. The molecule has 0 amide bonds. The Morgan fingerprint density at radius 3 is 2.72 bits per heavy atom. The lowest BCUT2D eigenvalue weighted by Gasteiger charge is -2.07. The lowest BCUT2D eigenvalue weighted by Crippen LogP contribution is -2.04. The van der Waals surface area contributed by atoms with Gasteiger partial charge in [-0.1, -0.05) is 13.0 Å². The van der Waals surface area contributed by atoms with Crippen molar-refractivity contribution in [2.45, 2.75) is 27.2 Å². The van der Waals surface area contributed by atoms with Gasteiger partial charge in [0.15, 0.2) is 11.6 Å². The summed E-state index contributed by atoms with van der Waals surface area (Å²) in [4.78, 5) is 24.3. The van der Waals surface area contributed by atoms with Gasteiger partial charge in [-0.05, 0) is 31.9 Å². The van der Waals surface area contributed by atoms with Crippen LogP contribution in [0.3, 0.4) is 0 Å². The van der Waals surface area contributed by atoms with Crippen LogP contribution in [0.1, 0.15) is 35.5 Å². The molecule has 2 heterocycles. The quantitative estimate of drug-likeness (QED) is 0.775. The van der Waals surface area contributed by atoms with Crippen LogP contribution < -0.4 is 0 Å². The number of ketones is 1. The zero-order chi connectivity index (χ0) is 13.1. The first-order valence-electron chi connectivity index (χ1n) is 5.92. The molecule has 0 saturated carbocycles. The van der Waals surface area contributed by atoms with E-state index in [9.17, 15) is 4.79 Å². The Kier molecular flexibility index (Phi) is 3.46. The maximum atomic E-state index is 11.3. The summed E-state index contributed by atoms with van der Waals surface area (Å²) in [6.07, 6.45) is 4.18. The molecule has 2 aromatic rings. The van der Waals surface area contributed by atoms with Crippen molar-refractivity contribution < 1.29 is 4.79 Å². The molecule has 0 fully saturated rings. The molecule has 0 atom stereocenters. The molecule has 0 N–H and O–H groups in total. The van der Waals surface area contributed by atoms with E-state index in [0.29, 0.717) is 17.1 Å². The SMILES string of the molecule is CCc1cccnc1-c1ncc(C(C)=O)c(C)n1. The number of hydrogen-bond acceptors (Lipinski definition) is 4. The Bertz CT molecular complexity index is 593. The molecule has 0 aliphatic heterocycles. The van der Waals surface area contributed by atoms with Gasteiger partial charge in [-0.25, -0.2) is 9.97 Å². The van der Waals surface area contributed by atoms with Crippen LogP contribution >= 0.6 is 0 Å². The fourth-order valence-corrected chi connectivity index (χ4v) is 1.85. The zero-order valence-electron chi connectivity index (χ0n) is 10.8. The van der Waals surface area contributed by atoms with Gasteiger partial charge in [-0.15, -0.1) is 0 Å². The van der Waals surface area contributed by atoms with Crippen LogP contribution in [0, 0.1) is 6.92 Å². The number of carbonyl (C=O) groups is 1. The number of aromatic nitrogens is 3. The van der Waals surface area contributed by atoms with Crippen molar-refractivity contribution in [1.29, 1.82) is 0 Å². The molecule has 0 radical (unpaired) electrons. The number of hydrogen-bond donors (Lipinski definition) is 0. The van der Waals surface area contributed by atoms with Crippen molar-refractivity contribution in [2.24, 2.45) is 0 Å². The van der Waals surface area contributed by atoms with Crippen LogP contribution in [0.5, 0.6) is 0 Å². The van der Waals surface area contributed by atoms with E-state index in [1.165, 1.54) is 6.92 Å². The Balaban J connectivity index is 2.52. The number of nitrogens with zero attached hydrogens (tertiary/aromatic N) is 3. The smallest absolute Gasteiger partial charge is 0.178 e. The van der Waals surface area contributed by atoms with Crippen LogP contribution in [-0.4, -0.2) is 20.7 Å². The van der Waals surface area contributed by atoms with Gasteiger partial charge in [0, 0.05) is 12.4 Å². The van der Waals surface area contributed by atoms with Crippen molar-refractivity contribution in [2.75, 3.05) is 0 Å². The van der Waals surface area contributed by atoms with Crippen molar-refractivity contribution in [1.82, 2.24) is 15.0 Å². The predicted molar refractivity (Wildman–Crippen MR) is 69.4 cm³/mol. The third kappa shape index (κ3) is 2.27. The van der Waals surface area contributed by atoms with Crippen LogP contribution in [0.15, 0.2) is 24.5 Å². The molecular formula is C14H15N3O. The number of aryl methyl sites for hydroxylation is 2. The molecular weight excluding hydrogens is 226 g/mol. The highest BCUT2D eigenvalue weighted by Gasteiger charge is 2.11. The van der Waals surface area contributed by atoms with Crippen LogP contribution in [-0.2, 0) is 6.42 Å². The minimum atomic E-state index is -0.0178. The van der Waals surface area contributed by atoms with Crippen molar-refractivity contribution in [3.05, 3.63) is 41.3 Å². The first-order chi connectivity index (χ1) is 8.63. The van der Waals surface area contributed by atoms with Crippen molar-refractivity contribution in [3.8, 4) is 11.5 Å². The molecule has 18 heavy (non-hydrogen) atoms. The molecule has 4 nitrogen and oxygen atoms in total. The zero-order valence-corrected chi connectivity index (χ0v) is 10.8. The second kappa shape index (κ2) is 5.04. The Hall–Kier alpha value is -2.10. The summed E-state index contributed by atoms with van der Waals surface area (Å²) in [6, 6.07) is 3.92. The van der Waals surface area contributed by atoms with Crippen molar-refractivity contribution in [3.63, 3.8) is 0 Å². The van der Waals surface area contributed by atoms with Crippen molar-refractivity contribution >= 4 is 5.78 Å². The van der Waals surface area contributed by atoms with E-state index in [-0.39, 0.29) is 5.78 Å². The lowest BCUT2D eigenvalue weighted by atomic mass is 10.1. The Morgan fingerprint density at radius 2 is 2.11 bits per heavy atom. The first-order valence-corrected chi connectivity index (χ1v) is 5.92. The molecule has 2 aromatic heterocycles.